The SMILES string of the molecule is CC(=O)NC[C@@H]1OC(=O)N2c3ccc(C(=O)CN)c(F)c3C[C@@H]12. The second-order valence-corrected chi connectivity index (χ2v) is 5.55. The van der Waals surface area contributed by atoms with Crippen molar-refractivity contribution in [2.45, 2.75) is 25.5 Å². The number of nitrogens with zero attached hydrogens (tertiary/aromatic N) is 1. The van der Waals surface area contributed by atoms with E-state index in [0.29, 0.717) is 11.3 Å². The number of hydrogen-bond donors (Lipinski definition) is 2. The quantitative estimate of drug-likeness (QED) is 0.779. The molecule has 0 aromatic heterocycles. The van der Waals surface area contributed by atoms with Crippen molar-refractivity contribution >= 4 is 23.5 Å². The monoisotopic (exact) mass is 321 g/mol. The Bertz CT molecular complexity index is 706. The topological polar surface area (TPSA) is 102 Å². The van der Waals surface area contributed by atoms with Gasteiger partial charge in [-0.25, -0.2) is 9.18 Å². The molecule has 23 heavy (non-hydrogen) atoms. The zero-order chi connectivity index (χ0) is 16.7. The maximum Gasteiger partial charge on any atom is 0.415 e. The van der Waals surface area contributed by atoms with Gasteiger partial charge in [0.25, 0.3) is 0 Å². The van der Waals surface area contributed by atoms with Gasteiger partial charge in [0, 0.05) is 18.9 Å². The highest BCUT2D eigenvalue weighted by Gasteiger charge is 2.48. The van der Waals surface area contributed by atoms with Crippen LogP contribution in [-0.2, 0) is 16.0 Å². The highest BCUT2D eigenvalue weighted by Crippen LogP contribution is 2.40. The summed E-state index contributed by atoms with van der Waals surface area (Å²) < 4.78 is 19.8. The van der Waals surface area contributed by atoms with Gasteiger partial charge in [0.05, 0.1) is 30.4 Å². The number of Topliss-reactive ketones (excluding diaryl/α,β-unsaturated/α-hetero) is 1. The van der Waals surface area contributed by atoms with Crippen molar-refractivity contribution in [2.24, 2.45) is 5.73 Å². The maximum absolute atomic E-state index is 14.6. The van der Waals surface area contributed by atoms with Gasteiger partial charge in [0.15, 0.2) is 5.78 Å². The molecule has 0 bridgehead atoms. The lowest BCUT2D eigenvalue weighted by Crippen LogP contribution is -2.40. The first-order valence-corrected chi connectivity index (χ1v) is 7.23. The second kappa shape index (κ2) is 5.62. The Balaban J connectivity index is 1.91. The highest BCUT2D eigenvalue weighted by atomic mass is 19.1. The van der Waals surface area contributed by atoms with Crippen LogP contribution in [0.4, 0.5) is 14.9 Å². The summed E-state index contributed by atoms with van der Waals surface area (Å²) >= 11 is 0. The van der Waals surface area contributed by atoms with E-state index in [2.05, 4.69) is 5.32 Å². The van der Waals surface area contributed by atoms with E-state index in [1.807, 2.05) is 0 Å². The Morgan fingerprint density at radius 3 is 2.87 bits per heavy atom. The van der Waals surface area contributed by atoms with Gasteiger partial charge in [-0.05, 0) is 12.1 Å². The van der Waals surface area contributed by atoms with Crippen LogP contribution in [0.1, 0.15) is 22.8 Å². The molecule has 3 N–H and O–H groups in total. The average Bonchev–Trinajstić information content (AvgIpc) is 3.04. The third-order valence-corrected chi connectivity index (χ3v) is 4.14. The molecular formula is C15H16FN3O4. The number of nitrogens with one attached hydrogen (secondary N) is 1. The minimum atomic E-state index is -0.640. The molecular weight excluding hydrogens is 305 g/mol. The van der Waals surface area contributed by atoms with Crippen molar-refractivity contribution in [3.63, 3.8) is 0 Å². The number of carbonyl (C=O) groups excluding carboxylic acids is 3. The number of halogens is 1. The van der Waals surface area contributed by atoms with Crippen LogP contribution >= 0.6 is 0 Å². The molecule has 8 heteroatoms. The van der Waals surface area contributed by atoms with Gasteiger partial charge in [0.1, 0.15) is 11.9 Å². The minimum absolute atomic E-state index is 0.0702. The molecule has 0 spiro atoms. The normalized spacial score (nSPS) is 21.7. The van der Waals surface area contributed by atoms with Gasteiger partial charge >= 0.3 is 6.09 Å². The molecule has 1 fully saturated rings. The number of nitrogens with two attached hydrogens (primary N) is 1. The van der Waals surface area contributed by atoms with Crippen LogP contribution in [0.5, 0.6) is 0 Å². The van der Waals surface area contributed by atoms with E-state index >= 15 is 0 Å². The van der Waals surface area contributed by atoms with E-state index in [1.54, 1.807) is 0 Å². The molecule has 0 aliphatic carbocycles. The van der Waals surface area contributed by atoms with Crippen LogP contribution in [-0.4, -0.2) is 43.0 Å². The van der Waals surface area contributed by atoms with E-state index in [1.165, 1.54) is 24.0 Å². The number of rotatable bonds is 4. The van der Waals surface area contributed by atoms with Crippen molar-refractivity contribution in [1.29, 1.82) is 0 Å². The fourth-order valence-corrected chi connectivity index (χ4v) is 3.05. The lowest BCUT2D eigenvalue weighted by molar-refractivity contribution is -0.119. The molecule has 0 radical (unpaired) electrons. The molecule has 0 saturated carbocycles. The lowest BCUT2D eigenvalue weighted by atomic mass is 10.0. The van der Waals surface area contributed by atoms with Crippen molar-refractivity contribution in [3.8, 4) is 0 Å². The number of amides is 2. The minimum Gasteiger partial charge on any atom is -0.442 e. The molecule has 7 nitrogen and oxygen atoms in total. The predicted molar refractivity (Wildman–Crippen MR) is 78.7 cm³/mol. The summed E-state index contributed by atoms with van der Waals surface area (Å²) in [6.07, 6.45) is -0.920. The zero-order valence-electron chi connectivity index (χ0n) is 12.5. The van der Waals surface area contributed by atoms with Gasteiger partial charge in [0.2, 0.25) is 5.91 Å². The van der Waals surface area contributed by atoms with Crippen molar-refractivity contribution < 1.29 is 23.5 Å². The van der Waals surface area contributed by atoms with Crippen molar-refractivity contribution in [1.82, 2.24) is 5.32 Å². The van der Waals surface area contributed by atoms with Gasteiger partial charge in [-0.2, -0.15) is 0 Å². The van der Waals surface area contributed by atoms with E-state index < -0.39 is 29.8 Å². The molecule has 1 aromatic rings. The summed E-state index contributed by atoms with van der Waals surface area (Å²) in [5.74, 6) is -1.37. The number of fused-ring (bicyclic) bond motifs is 3. The Labute approximate surface area is 131 Å². The van der Waals surface area contributed by atoms with Crippen LogP contribution in [0.2, 0.25) is 0 Å². The number of ether oxygens (including phenoxy) is 1. The van der Waals surface area contributed by atoms with Crippen molar-refractivity contribution in [3.05, 3.63) is 29.1 Å². The molecule has 2 aliphatic heterocycles. The summed E-state index contributed by atoms with van der Waals surface area (Å²) in [5, 5.41) is 2.59. The van der Waals surface area contributed by atoms with Gasteiger partial charge < -0.3 is 15.8 Å². The molecule has 1 aromatic carbocycles. The van der Waals surface area contributed by atoms with Gasteiger partial charge in [-0.1, -0.05) is 0 Å². The third-order valence-electron chi connectivity index (χ3n) is 4.14. The van der Waals surface area contributed by atoms with Crippen LogP contribution in [0, 0.1) is 5.82 Å². The largest absolute Gasteiger partial charge is 0.442 e. The molecule has 3 rings (SSSR count). The zero-order valence-corrected chi connectivity index (χ0v) is 12.5. The molecule has 1 saturated heterocycles. The summed E-state index contributed by atoms with van der Waals surface area (Å²) in [5.41, 5.74) is 5.91. The number of carbonyl (C=O) groups is 3. The number of ketones is 1. The lowest BCUT2D eigenvalue weighted by Gasteiger charge is -2.16. The Hall–Kier alpha value is -2.48. The summed E-state index contributed by atoms with van der Waals surface area (Å²) in [4.78, 5) is 36.1. The van der Waals surface area contributed by atoms with Crippen LogP contribution < -0.4 is 16.0 Å². The number of benzene rings is 1. The van der Waals surface area contributed by atoms with Gasteiger partial charge in [-0.3, -0.25) is 14.5 Å². The standard InChI is InChI=1S/C15H16FN3O4/c1-7(20)18-6-13-11-4-9-10(19(11)15(22)23-13)3-2-8(14(9)16)12(21)5-17/h2-3,11,13H,4-6,17H2,1H3,(H,18,20)/t11-,13-/m0/s1. The van der Waals surface area contributed by atoms with Crippen LogP contribution in [0.15, 0.2) is 12.1 Å². The van der Waals surface area contributed by atoms with E-state index in [9.17, 15) is 18.8 Å². The number of anilines is 1. The number of cyclic esters (lactones) is 1. The highest BCUT2D eigenvalue weighted by molar-refractivity contribution is 6.00. The van der Waals surface area contributed by atoms with Crippen LogP contribution in [0.25, 0.3) is 0 Å². The molecule has 2 atom stereocenters. The summed E-state index contributed by atoms with van der Waals surface area (Å²) in [6.45, 7) is 1.24. The van der Waals surface area contributed by atoms with E-state index in [4.69, 9.17) is 10.5 Å². The smallest absolute Gasteiger partial charge is 0.415 e. The molecule has 2 amide bonds. The molecule has 122 valence electrons. The second-order valence-electron chi connectivity index (χ2n) is 5.55. The fourth-order valence-electron chi connectivity index (χ4n) is 3.05. The first-order chi connectivity index (χ1) is 10.9. The molecule has 0 unspecified atom stereocenters. The Morgan fingerprint density at radius 1 is 1.48 bits per heavy atom. The maximum atomic E-state index is 14.6. The first kappa shape index (κ1) is 15.4. The Morgan fingerprint density at radius 2 is 2.22 bits per heavy atom. The summed E-state index contributed by atoms with van der Waals surface area (Å²) in [7, 11) is 0. The Kier molecular flexibility index (Phi) is 3.77. The first-order valence-electron chi connectivity index (χ1n) is 7.23. The van der Waals surface area contributed by atoms with Gasteiger partial charge in [-0.15, -0.1) is 0 Å². The molecule has 2 aliphatic rings. The summed E-state index contributed by atoms with van der Waals surface area (Å²) in [6, 6.07) is 2.46. The third kappa shape index (κ3) is 2.44. The predicted octanol–water partition coefficient (Wildman–Crippen LogP) is 0.353. The van der Waals surface area contributed by atoms with Crippen LogP contribution in [0.3, 0.4) is 0 Å². The fraction of sp³-hybridized carbons (Fsp3) is 0.400. The van der Waals surface area contributed by atoms with Crippen molar-refractivity contribution in [2.75, 3.05) is 18.0 Å². The number of hydrogen-bond acceptors (Lipinski definition) is 5. The van der Waals surface area contributed by atoms with E-state index in [-0.39, 0.29) is 31.0 Å². The molecule has 2 heterocycles. The van der Waals surface area contributed by atoms with E-state index in [0.717, 1.165) is 0 Å². The average molecular weight is 321 g/mol.